The number of hydrogen-bond acceptors (Lipinski definition) is 6. The Balaban J connectivity index is 3.27. The highest BCUT2D eigenvalue weighted by molar-refractivity contribution is 5.93. The lowest BCUT2D eigenvalue weighted by molar-refractivity contribution is -0.395. The molecule has 0 aromatic heterocycles. The van der Waals surface area contributed by atoms with E-state index in [0.29, 0.717) is 0 Å². The first kappa shape index (κ1) is 14.0. The largest absolute Gasteiger partial charge is 0.325 e. The van der Waals surface area contributed by atoms with Gasteiger partial charge in [-0.05, 0) is 6.92 Å². The monoisotopic (exact) mass is 264 g/mol. The lowest BCUT2D eigenvalue weighted by atomic mass is 10.1. The van der Waals surface area contributed by atoms with E-state index in [1.807, 2.05) is 0 Å². The third-order valence-corrected chi connectivity index (χ3v) is 2.27. The molecule has 0 saturated heterocycles. The van der Waals surface area contributed by atoms with E-state index in [4.69, 9.17) is 5.26 Å². The summed E-state index contributed by atoms with van der Waals surface area (Å²) in [7, 11) is 0. The number of nitriles is 1. The van der Waals surface area contributed by atoms with Crippen LogP contribution in [0.2, 0.25) is 0 Å². The molecular formula is C10H8N4O5. The summed E-state index contributed by atoms with van der Waals surface area (Å²) in [5.74, 6) is -0.699. The van der Waals surface area contributed by atoms with Crippen molar-refractivity contribution in [3.8, 4) is 6.07 Å². The predicted octanol–water partition coefficient (Wildman–Crippen LogP) is 1.66. The van der Waals surface area contributed by atoms with Crippen LogP contribution in [-0.2, 0) is 4.79 Å². The number of anilines is 1. The molecule has 1 aromatic rings. The van der Waals surface area contributed by atoms with Crippen LogP contribution in [-0.4, -0.2) is 15.8 Å². The van der Waals surface area contributed by atoms with Gasteiger partial charge in [0.05, 0.1) is 21.6 Å². The number of amides is 1. The predicted molar refractivity (Wildman–Crippen MR) is 63.3 cm³/mol. The van der Waals surface area contributed by atoms with Crippen LogP contribution in [0.15, 0.2) is 12.1 Å². The SMILES string of the molecule is Cc1c([N+](=O)[O-])cc(NC(=O)CC#N)cc1[N+](=O)[O-]. The Morgan fingerprint density at radius 3 is 2.16 bits per heavy atom. The summed E-state index contributed by atoms with van der Waals surface area (Å²) in [5, 5.41) is 32.1. The van der Waals surface area contributed by atoms with Crippen LogP contribution in [0.4, 0.5) is 17.1 Å². The van der Waals surface area contributed by atoms with Crippen molar-refractivity contribution in [3.63, 3.8) is 0 Å². The van der Waals surface area contributed by atoms with Gasteiger partial charge in [0.1, 0.15) is 12.0 Å². The van der Waals surface area contributed by atoms with Crippen molar-refractivity contribution in [1.82, 2.24) is 0 Å². The van der Waals surface area contributed by atoms with Crippen molar-refractivity contribution in [2.75, 3.05) is 5.32 Å². The van der Waals surface area contributed by atoms with Crippen molar-refractivity contribution in [1.29, 1.82) is 5.26 Å². The molecule has 98 valence electrons. The third kappa shape index (κ3) is 3.22. The van der Waals surface area contributed by atoms with Gasteiger partial charge in [-0.1, -0.05) is 0 Å². The molecule has 0 fully saturated rings. The molecule has 0 bridgehead atoms. The maximum absolute atomic E-state index is 11.2. The zero-order valence-corrected chi connectivity index (χ0v) is 9.74. The molecule has 0 atom stereocenters. The second-order valence-corrected chi connectivity index (χ2v) is 3.54. The number of nitro benzene ring substituents is 2. The Labute approximate surface area is 106 Å². The molecule has 0 spiro atoms. The van der Waals surface area contributed by atoms with Gasteiger partial charge >= 0.3 is 0 Å². The van der Waals surface area contributed by atoms with Gasteiger partial charge in [0, 0.05) is 12.1 Å². The van der Waals surface area contributed by atoms with E-state index in [0.717, 1.165) is 12.1 Å². The summed E-state index contributed by atoms with van der Waals surface area (Å²) in [6.07, 6.45) is -0.449. The Morgan fingerprint density at radius 2 is 1.79 bits per heavy atom. The molecule has 0 aliphatic carbocycles. The first-order chi connectivity index (χ1) is 8.86. The summed E-state index contributed by atoms with van der Waals surface area (Å²) >= 11 is 0. The van der Waals surface area contributed by atoms with Crippen molar-refractivity contribution >= 4 is 23.0 Å². The lowest BCUT2D eigenvalue weighted by Gasteiger charge is -2.05. The van der Waals surface area contributed by atoms with Gasteiger partial charge in [-0.25, -0.2) is 0 Å². The van der Waals surface area contributed by atoms with E-state index in [-0.39, 0.29) is 11.3 Å². The summed E-state index contributed by atoms with van der Waals surface area (Å²) in [6, 6.07) is 3.62. The maximum atomic E-state index is 11.2. The van der Waals surface area contributed by atoms with Gasteiger partial charge in [0.2, 0.25) is 5.91 Å². The molecule has 9 nitrogen and oxygen atoms in total. The quantitative estimate of drug-likeness (QED) is 0.647. The zero-order chi connectivity index (χ0) is 14.6. The number of benzene rings is 1. The molecule has 0 aliphatic rings. The van der Waals surface area contributed by atoms with Crippen molar-refractivity contribution in [3.05, 3.63) is 37.9 Å². The van der Waals surface area contributed by atoms with Crippen LogP contribution in [0.5, 0.6) is 0 Å². The molecule has 19 heavy (non-hydrogen) atoms. The highest BCUT2D eigenvalue weighted by Gasteiger charge is 2.23. The minimum Gasteiger partial charge on any atom is -0.325 e. The Morgan fingerprint density at radius 1 is 1.32 bits per heavy atom. The normalized spacial score (nSPS) is 9.47. The Hall–Kier alpha value is -3.02. The molecule has 1 amide bonds. The Bertz CT molecular complexity index is 569. The number of nitro groups is 2. The second-order valence-electron chi connectivity index (χ2n) is 3.54. The summed E-state index contributed by atoms with van der Waals surface area (Å²) in [4.78, 5) is 31.2. The molecule has 0 radical (unpaired) electrons. The zero-order valence-electron chi connectivity index (χ0n) is 9.74. The number of hydrogen-bond donors (Lipinski definition) is 1. The maximum Gasteiger partial charge on any atom is 0.281 e. The van der Waals surface area contributed by atoms with Crippen LogP contribution < -0.4 is 5.32 Å². The molecule has 1 rings (SSSR count). The number of carbonyl (C=O) groups excluding carboxylic acids is 1. The smallest absolute Gasteiger partial charge is 0.281 e. The molecule has 0 aliphatic heterocycles. The van der Waals surface area contributed by atoms with Crippen LogP contribution in [0.1, 0.15) is 12.0 Å². The molecule has 0 saturated carbocycles. The average Bonchev–Trinajstić information content (AvgIpc) is 2.30. The Kier molecular flexibility index (Phi) is 4.10. The minimum absolute atomic E-state index is 0.0933. The summed E-state index contributed by atoms with van der Waals surface area (Å²) < 4.78 is 0. The van der Waals surface area contributed by atoms with Gasteiger partial charge in [0.15, 0.2) is 0 Å². The topological polar surface area (TPSA) is 139 Å². The van der Waals surface area contributed by atoms with E-state index in [1.165, 1.54) is 6.92 Å². The minimum atomic E-state index is -0.776. The molecule has 0 unspecified atom stereocenters. The first-order valence-electron chi connectivity index (χ1n) is 4.97. The molecular weight excluding hydrogens is 256 g/mol. The number of nitrogens with zero attached hydrogens (tertiary/aromatic N) is 3. The highest BCUT2D eigenvalue weighted by Crippen LogP contribution is 2.31. The first-order valence-corrected chi connectivity index (χ1v) is 4.97. The molecule has 0 heterocycles. The third-order valence-electron chi connectivity index (χ3n) is 2.27. The fourth-order valence-corrected chi connectivity index (χ4v) is 1.41. The number of nitrogens with one attached hydrogen (secondary N) is 1. The average molecular weight is 264 g/mol. The fourth-order valence-electron chi connectivity index (χ4n) is 1.41. The standard InChI is InChI=1S/C10H8N4O5/c1-6-8(13(16)17)4-7(5-9(6)14(18)19)12-10(15)2-3-11/h4-5H,2H2,1H3,(H,12,15). The van der Waals surface area contributed by atoms with Crippen LogP contribution in [0, 0.1) is 38.5 Å². The molecule has 1 N–H and O–H groups in total. The van der Waals surface area contributed by atoms with E-state index < -0.39 is 33.5 Å². The number of carbonyl (C=O) groups is 1. The van der Waals surface area contributed by atoms with Crippen LogP contribution in [0.25, 0.3) is 0 Å². The second kappa shape index (κ2) is 5.54. The van der Waals surface area contributed by atoms with E-state index in [9.17, 15) is 25.0 Å². The lowest BCUT2D eigenvalue weighted by Crippen LogP contribution is -2.11. The number of rotatable bonds is 4. The molecule has 1 aromatic carbocycles. The summed E-state index contributed by atoms with van der Waals surface area (Å²) in [6.45, 7) is 1.25. The van der Waals surface area contributed by atoms with Crippen LogP contribution >= 0.6 is 0 Å². The van der Waals surface area contributed by atoms with Crippen molar-refractivity contribution in [2.24, 2.45) is 0 Å². The van der Waals surface area contributed by atoms with E-state index >= 15 is 0 Å². The summed E-state index contributed by atoms with van der Waals surface area (Å²) in [5.41, 5.74) is -1.14. The van der Waals surface area contributed by atoms with Crippen LogP contribution in [0.3, 0.4) is 0 Å². The van der Waals surface area contributed by atoms with Gasteiger partial charge in [-0.2, -0.15) is 5.26 Å². The van der Waals surface area contributed by atoms with Gasteiger partial charge in [-0.3, -0.25) is 25.0 Å². The van der Waals surface area contributed by atoms with Gasteiger partial charge < -0.3 is 5.32 Å². The van der Waals surface area contributed by atoms with E-state index in [2.05, 4.69) is 5.32 Å². The van der Waals surface area contributed by atoms with E-state index in [1.54, 1.807) is 6.07 Å². The fraction of sp³-hybridized carbons (Fsp3) is 0.200. The van der Waals surface area contributed by atoms with Crippen molar-refractivity contribution in [2.45, 2.75) is 13.3 Å². The molecule has 9 heteroatoms. The van der Waals surface area contributed by atoms with Crippen molar-refractivity contribution < 1.29 is 14.6 Å². The van der Waals surface area contributed by atoms with Gasteiger partial charge in [-0.15, -0.1) is 0 Å². The highest BCUT2D eigenvalue weighted by atomic mass is 16.6. The van der Waals surface area contributed by atoms with Gasteiger partial charge in [0.25, 0.3) is 11.4 Å².